The maximum absolute atomic E-state index is 6.13. The van der Waals surface area contributed by atoms with E-state index in [1.165, 1.54) is 0 Å². The number of hydrogen-bond acceptors (Lipinski definition) is 3. The summed E-state index contributed by atoms with van der Waals surface area (Å²) in [6, 6.07) is 1.07. The van der Waals surface area contributed by atoms with Gasteiger partial charge in [0.05, 0.1) is 12.2 Å². The van der Waals surface area contributed by atoms with Crippen LogP contribution >= 0.6 is 0 Å². The minimum atomic E-state index is -1.67. The van der Waals surface area contributed by atoms with Gasteiger partial charge in [0.15, 0.2) is 0 Å². The van der Waals surface area contributed by atoms with Crippen LogP contribution < -0.4 is 0 Å². The Hall–Kier alpha value is 0.314. The number of hydrogen-bond donors (Lipinski definition) is 0. The molecule has 84 valence electrons. The third-order valence-corrected chi connectivity index (χ3v) is 18.4. The SMILES string of the molecule is COC1C[Si](C)(OC)[Si](C)(C)OC1C. The first-order valence-electron chi connectivity index (χ1n) is 5.12. The molecule has 0 saturated carbocycles. The van der Waals surface area contributed by atoms with Crippen molar-refractivity contribution in [3.05, 3.63) is 0 Å². The van der Waals surface area contributed by atoms with Crippen LogP contribution in [-0.4, -0.2) is 42.1 Å². The van der Waals surface area contributed by atoms with Crippen LogP contribution in [0.1, 0.15) is 6.92 Å². The Kier molecular flexibility index (Phi) is 3.59. The van der Waals surface area contributed by atoms with E-state index in [9.17, 15) is 0 Å². The molecule has 0 aromatic rings. The lowest BCUT2D eigenvalue weighted by atomic mass is 10.2. The van der Waals surface area contributed by atoms with E-state index in [-0.39, 0.29) is 12.2 Å². The summed E-state index contributed by atoms with van der Waals surface area (Å²) in [5.41, 5.74) is 0. The van der Waals surface area contributed by atoms with Crippen LogP contribution in [0.4, 0.5) is 0 Å². The summed E-state index contributed by atoms with van der Waals surface area (Å²) in [4.78, 5) is 0. The first-order chi connectivity index (χ1) is 6.36. The quantitative estimate of drug-likeness (QED) is 0.683. The molecule has 1 heterocycles. The number of methoxy groups -OCH3 is 1. The summed E-state index contributed by atoms with van der Waals surface area (Å²) < 4.78 is 17.4. The fourth-order valence-electron chi connectivity index (χ4n) is 2.07. The summed E-state index contributed by atoms with van der Waals surface area (Å²) >= 11 is 0. The van der Waals surface area contributed by atoms with Crippen molar-refractivity contribution < 1.29 is 13.6 Å². The van der Waals surface area contributed by atoms with E-state index >= 15 is 0 Å². The van der Waals surface area contributed by atoms with Crippen LogP contribution in [0, 0.1) is 0 Å². The van der Waals surface area contributed by atoms with Crippen molar-refractivity contribution in [2.24, 2.45) is 0 Å². The molecule has 3 atom stereocenters. The summed E-state index contributed by atoms with van der Waals surface area (Å²) in [5, 5.41) is 0. The van der Waals surface area contributed by atoms with E-state index in [4.69, 9.17) is 13.6 Å². The van der Waals surface area contributed by atoms with Crippen molar-refractivity contribution in [1.82, 2.24) is 0 Å². The fourth-order valence-corrected chi connectivity index (χ4v) is 10.7. The van der Waals surface area contributed by atoms with Crippen LogP contribution in [-0.2, 0) is 13.6 Å². The van der Waals surface area contributed by atoms with Gasteiger partial charge in [-0.15, -0.1) is 0 Å². The molecule has 0 aromatic heterocycles. The highest BCUT2D eigenvalue weighted by molar-refractivity contribution is 7.36. The van der Waals surface area contributed by atoms with Gasteiger partial charge in [-0.3, -0.25) is 0 Å². The second kappa shape index (κ2) is 4.05. The van der Waals surface area contributed by atoms with Crippen molar-refractivity contribution in [3.63, 3.8) is 0 Å². The van der Waals surface area contributed by atoms with Gasteiger partial charge in [-0.2, -0.15) is 0 Å². The maximum atomic E-state index is 6.13. The molecule has 0 bridgehead atoms. The van der Waals surface area contributed by atoms with Crippen molar-refractivity contribution >= 4 is 15.7 Å². The van der Waals surface area contributed by atoms with Crippen LogP contribution in [0.3, 0.4) is 0 Å². The highest BCUT2D eigenvalue weighted by Gasteiger charge is 2.55. The van der Waals surface area contributed by atoms with E-state index in [1.54, 1.807) is 7.11 Å². The fraction of sp³-hybridized carbons (Fsp3) is 1.00. The Labute approximate surface area is 88.8 Å². The number of ether oxygens (including phenoxy) is 1. The lowest BCUT2D eigenvalue weighted by molar-refractivity contribution is 0.00971. The average molecular weight is 234 g/mol. The number of rotatable bonds is 2. The largest absolute Gasteiger partial charge is 0.420 e. The lowest BCUT2D eigenvalue weighted by Gasteiger charge is -2.48. The van der Waals surface area contributed by atoms with Gasteiger partial charge in [0, 0.05) is 14.2 Å². The molecule has 0 amide bonds. The Bertz CT molecular complexity index is 210. The Morgan fingerprint density at radius 1 is 1.21 bits per heavy atom. The normalized spacial score (nSPS) is 42.4. The molecular formula is C9H22O3Si2. The van der Waals surface area contributed by atoms with Gasteiger partial charge in [-0.05, 0) is 32.6 Å². The summed E-state index contributed by atoms with van der Waals surface area (Å²) in [7, 11) is 0.284. The topological polar surface area (TPSA) is 27.7 Å². The highest BCUT2D eigenvalue weighted by atomic mass is 29.3. The molecule has 0 aromatic carbocycles. The summed E-state index contributed by atoms with van der Waals surface area (Å²) in [6.45, 7) is 8.92. The van der Waals surface area contributed by atoms with Gasteiger partial charge in [0.1, 0.15) is 0 Å². The zero-order chi connectivity index (χ0) is 11.0. The highest BCUT2D eigenvalue weighted by Crippen LogP contribution is 2.35. The molecule has 0 N–H and O–H groups in total. The molecule has 0 spiro atoms. The first kappa shape index (κ1) is 12.4. The van der Waals surface area contributed by atoms with Gasteiger partial charge in [-0.1, -0.05) is 0 Å². The third-order valence-electron chi connectivity index (χ3n) is 3.62. The van der Waals surface area contributed by atoms with E-state index < -0.39 is 15.7 Å². The predicted molar refractivity (Wildman–Crippen MR) is 62.3 cm³/mol. The van der Waals surface area contributed by atoms with Crippen molar-refractivity contribution in [2.45, 2.75) is 44.8 Å². The maximum Gasteiger partial charge on any atom is 0.209 e. The molecule has 1 aliphatic heterocycles. The van der Waals surface area contributed by atoms with Crippen molar-refractivity contribution in [3.8, 4) is 0 Å². The summed E-state index contributed by atoms with van der Waals surface area (Å²) in [6.07, 6.45) is 0.435. The van der Waals surface area contributed by atoms with Crippen molar-refractivity contribution in [2.75, 3.05) is 14.2 Å². The van der Waals surface area contributed by atoms with E-state index in [0.717, 1.165) is 6.04 Å². The van der Waals surface area contributed by atoms with Crippen molar-refractivity contribution in [1.29, 1.82) is 0 Å². The van der Waals surface area contributed by atoms with Gasteiger partial charge in [0.2, 0.25) is 15.7 Å². The molecule has 14 heavy (non-hydrogen) atoms. The van der Waals surface area contributed by atoms with Gasteiger partial charge < -0.3 is 13.6 Å². The van der Waals surface area contributed by atoms with E-state index in [0.29, 0.717) is 0 Å². The molecular weight excluding hydrogens is 212 g/mol. The Morgan fingerprint density at radius 3 is 2.21 bits per heavy atom. The van der Waals surface area contributed by atoms with Crippen LogP contribution in [0.2, 0.25) is 25.7 Å². The second-order valence-electron chi connectivity index (χ2n) is 4.75. The zero-order valence-electron chi connectivity index (χ0n) is 10.1. The average Bonchev–Trinajstić information content (AvgIpc) is 2.10. The monoisotopic (exact) mass is 234 g/mol. The molecule has 0 aliphatic carbocycles. The molecule has 1 fully saturated rings. The molecule has 1 aliphatic rings. The Morgan fingerprint density at radius 2 is 1.79 bits per heavy atom. The molecule has 3 unspecified atom stereocenters. The van der Waals surface area contributed by atoms with Crippen LogP contribution in [0.15, 0.2) is 0 Å². The zero-order valence-corrected chi connectivity index (χ0v) is 12.1. The molecule has 1 saturated heterocycles. The van der Waals surface area contributed by atoms with Gasteiger partial charge >= 0.3 is 0 Å². The smallest absolute Gasteiger partial charge is 0.209 e. The lowest BCUT2D eigenvalue weighted by Crippen LogP contribution is -2.68. The van der Waals surface area contributed by atoms with Crippen LogP contribution in [0.25, 0.3) is 0 Å². The van der Waals surface area contributed by atoms with E-state index in [2.05, 4.69) is 26.6 Å². The summed E-state index contributed by atoms with van der Waals surface area (Å²) in [5.74, 6) is 0. The minimum absolute atomic E-state index is 0.215. The first-order valence-corrected chi connectivity index (χ1v) is 11.6. The third kappa shape index (κ3) is 1.97. The van der Waals surface area contributed by atoms with Gasteiger partial charge in [0.25, 0.3) is 0 Å². The van der Waals surface area contributed by atoms with Crippen LogP contribution in [0.5, 0.6) is 0 Å². The van der Waals surface area contributed by atoms with E-state index in [1.807, 2.05) is 7.11 Å². The standard InChI is InChI=1S/C9H22O3Si2/c1-8-9(10-2)7-14(6,11-3)13(4,5)12-8/h8-9H,7H2,1-6H3. The predicted octanol–water partition coefficient (Wildman–Crippen LogP) is 1.93. The second-order valence-corrected chi connectivity index (χ2v) is 18.1. The van der Waals surface area contributed by atoms with Gasteiger partial charge in [-0.25, -0.2) is 0 Å². The molecule has 1 rings (SSSR count). The minimum Gasteiger partial charge on any atom is -0.420 e. The molecule has 5 heteroatoms. The molecule has 3 nitrogen and oxygen atoms in total. The molecule has 0 radical (unpaired) electrons. The Balaban J connectivity index is 2.85.